The quantitative estimate of drug-likeness (QED) is 0.730. The van der Waals surface area contributed by atoms with E-state index < -0.39 is 0 Å². The first-order valence-corrected chi connectivity index (χ1v) is 8.51. The van der Waals surface area contributed by atoms with Crippen molar-refractivity contribution < 1.29 is 14.0 Å². The molecule has 24 heavy (non-hydrogen) atoms. The van der Waals surface area contributed by atoms with Crippen LogP contribution in [0.3, 0.4) is 0 Å². The molecule has 0 saturated heterocycles. The summed E-state index contributed by atoms with van der Waals surface area (Å²) in [6, 6.07) is 15.4. The minimum Gasteiger partial charge on any atom is -0.299 e. The van der Waals surface area contributed by atoms with Crippen LogP contribution in [0.15, 0.2) is 54.6 Å². The van der Waals surface area contributed by atoms with Gasteiger partial charge in [0.1, 0.15) is 11.6 Å². The highest BCUT2D eigenvalue weighted by Crippen LogP contribution is 2.37. The van der Waals surface area contributed by atoms with Crippen LogP contribution < -0.4 is 0 Å². The van der Waals surface area contributed by atoms with Gasteiger partial charge in [-0.25, -0.2) is 4.39 Å². The van der Waals surface area contributed by atoms with Gasteiger partial charge in [0, 0.05) is 30.2 Å². The van der Waals surface area contributed by atoms with Gasteiger partial charge in [-0.1, -0.05) is 48.9 Å². The van der Waals surface area contributed by atoms with Crippen molar-refractivity contribution in [3.63, 3.8) is 0 Å². The molecule has 0 heterocycles. The van der Waals surface area contributed by atoms with Crippen LogP contribution in [0.5, 0.6) is 0 Å². The van der Waals surface area contributed by atoms with Gasteiger partial charge in [-0.05, 0) is 30.5 Å². The zero-order chi connectivity index (χ0) is 16.9. The van der Waals surface area contributed by atoms with Crippen LogP contribution in [0.2, 0.25) is 0 Å². The number of carbonyl (C=O) groups is 2. The molecule has 2 atom stereocenters. The van der Waals surface area contributed by atoms with Crippen LogP contribution >= 0.6 is 0 Å². The molecule has 0 radical (unpaired) electrons. The number of carbonyl (C=O) groups excluding carboxylic acids is 2. The summed E-state index contributed by atoms with van der Waals surface area (Å²) in [5, 5.41) is 0. The Labute approximate surface area is 141 Å². The lowest BCUT2D eigenvalue weighted by atomic mass is 9.73. The van der Waals surface area contributed by atoms with Crippen molar-refractivity contribution in [3.05, 3.63) is 71.5 Å². The predicted octanol–water partition coefficient (Wildman–Crippen LogP) is 4.94. The molecule has 3 heteroatoms. The number of hydrogen-bond acceptors (Lipinski definition) is 2. The number of ketones is 2. The van der Waals surface area contributed by atoms with Gasteiger partial charge in [0.2, 0.25) is 0 Å². The molecule has 2 aromatic rings. The van der Waals surface area contributed by atoms with Gasteiger partial charge in [0.25, 0.3) is 0 Å². The Balaban J connectivity index is 1.88. The fourth-order valence-corrected chi connectivity index (χ4v) is 3.58. The van der Waals surface area contributed by atoms with E-state index >= 15 is 0 Å². The van der Waals surface area contributed by atoms with Gasteiger partial charge in [0.05, 0.1) is 0 Å². The number of hydrogen-bond donors (Lipinski definition) is 0. The largest absolute Gasteiger partial charge is 0.299 e. The summed E-state index contributed by atoms with van der Waals surface area (Å²) in [5.41, 5.74) is 1.54. The van der Waals surface area contributed by atoms with Crippen molar-refractivity contribution >= 4 is 11.6 Å². The van der Waals surface area contributed by atoms with Crippen molar-refractivity contribution in [1.29, 1.82) is 0 Å². The first-order valence-electron chi connectivity index (χ1n) is 8.51. The first kappa shape index (κ1) is 16.6. The Morgan fingerprint density at radius 2 is 1.75 bits per heavy atom. The summed E-state index contributed by atoms with van der Waals surface area (Å²) >= 11 is 0. The van der Waals surface area contributed by atoms with Crippen molar-refractivity contribution in [2.45, 2.75) is 38.0 Å². The van der Waals surface area contributed by atoms with E-state index in [1.807, 2.05) is 18.2 Å². The Morgan fingerprint density at radius 1 is 1.04 bits per heavy atom. The fraction of sp³-hybridized carbons (Fsp3) is 0.333. The van der Waals surface area contributed by atoms with Gasteiger partial charge in [-0.3, -0.25) is 9.59 Å². The number of halogens is 1. The number of rotatable bonds is 5. The van der Waals surface area contributed by atoms with E-state index in [2.05, 4.69) is 0 Å². The second-order valence-corrected chi connectivity index (χ2v) is 6.47. The molecule has 124 valence electrons. The summed E-state index contributed by atoms with van der Waals surface area (Å²) in [6.45, 7) is 0. The summed E-state index contributed by atoms with van der Waals surface area (Å²) in [6.07, 6.45) is 3.61. The maximum absolute atomic E-state index is 13.3. The fourth-order valence-electron chi connectivity index (χ4n) is 3.58. The Kier molecular flexibility index (Phi) is 5.19. The second-order valence-electron chi connectivity index (χ2n) is 6.47. The third-order valence-corrected chi connectivity index (χ3v) is 4.89. The Bertz CT molecular complexity index is 706. The molecule has 3 rings (SSSR count). The smallest absolute Gasteiger partial charge is 0.163 e. The molecule has 1 aliphatic carbocycles. The van der Waals surface area contributed by atoms with Crippen molar-refractivity contribution in [2.75, 3.05) is 0 Å². The van der Waals surface area contributed by atoms with Crippen molar-refractivity contribution in [2.24, 2.45) is 5.92 Å². The average Bonchev–Trinajstić information content (AvgIpc) is 2.62. The van der Waals surface area contributed by atoms with Crippen molar-refractivity contribution in [3.8, 4) is 0 Å². The highest BCUT2D eigenvalue weighted by atomic mass is 19.1. The van der Waals surface area contributed by atoms with Crippen LogP contribution in [0, 0.1) is 11.7 Å². The van der Waals surface area contributed by atoms with Gasteiger partial charge in [-0.15, -0.1) is 0 Å². The summed E-state index contributed by atoms with van der Waals surface area (Å²) in [7, 11) is 0. The molecule has 0 bridgehead atoms. The third-order valence-electron chi connectivity index (χ3n) is 4.89. The summed E-state index contributed by atoms with van der Waals surface area (Å²) in [4.78, 5) is 25.1. The van der Waals surface area contributed by atoms with E-state index in [0.29, 0.717) is 12.0 Å². The Hall–Kier alpha value is -2.29. The molecule has 0 amide bonds. The number of Topliss-reactive ketones (excluding diaryl/α,β-unsaturated/α-hetero) is 2. The topological polar surface area (TPSA) is 34.1 Å². The van der Waals surface area contributed by atoms with Gasteiger partial charge in [-0.2, -0.15) is 0 Å². The highest BCUT2D eigenvalue weighted by molar-refractivity contribution is 5.97. The molecule has 1 fully saturated rings. The Morgan fingerprint density at radius 3 is 2.42 bits per heavy atom. The van der Waals surface area contributed by atoms with Gasteiger partial charge >= 0.3 is 0 Å². The van der Waals surface area contributed by atoms with E-state index in [1.165, 1.54) is 12.1 Å². The molecule has 1 aliphatic rings. The SMILES string of the molecule is O=C(C[C@@H](c1ccc(F)cc1)[C@@H]1CCCCC1=O)c1ccccc1. The lowest BCUT2D eigenvalue weighted by Gasteiger charge is -2.29. The molecule has 0 N–H and O–H groups in total. The van der Waals surface area contributed by atoms with E-state index in [1.54, 1.807) is 24.3 Å². The molecule has 0 aliphatic heterocycles. The van der Waals surface area contributed by atoms with Crippen LogP contribution in [0.1, 0.15) is 53.9 Å². The minimum absolute atomic E-state index is 0.0308. The highest BCUT2D eigenvalue weighted by Gasteiger charge is 2.32. The van der Waals surface area contributed by atoms with Crippen LogP contribution in [-0.2, 0) is 4.79 Å². The first-order chi connectivity index (χ1) is 11.6. The second kappa shape index (κ2) is 7.52. The number of benzene rings is 2. The van der Waals surface area contributed by atoms with Crippen molar-refractivity contribution in [1.82, 2.24) is 0 Å². The predicted molar refractivity (Wildman–Crippen MR) is 91.5 cm³/mol. The van der Waals surface area contributed by atoms with E-state index in [4.69, 9.17) is 0 Å². The lowest BCUT2D eigenvalue weighted by Crippen LogP contribution is -2.27. The van der Waals surface area contributed by atoms with Gasteiger partial charge in [0.15, 0.2) is 5.78 Å². The molecular formula is C21H21FO2. The molecular weight excluding hydrogens is 303 g/mol. The molecule has 2 nitrogen and oxygen atoms in total. The monoisotopic (exact) mass is 324 g/mol. The van der Waals surface area contributed by atoms with Crippen LogP contribution in [0.25, 0.3) is 0 Å². The van der Waals surface area contributed by atoms with E-state index in [-0.39, 0.29) is 35.6 Å². The standard InChI is InChI=1S/C21H21FO2/c22-17-12-10-15(11-13-17)19(18-8-4-5-9-20(18)23)14-21(24)16-6-2-1-3-7-16/h1-3,6-7,10-13,18-19H,4-5,8-9,14H2/t18-,19-/m0/s1. The van der Waals surface area contributed by atoms with Gasteiger partial charge < -0.3 is 0 Å². The lowest BCUT2D eigenvalue weighted by molar-refractivity contribution is -0.125. The minimum atomic E-state index is -0.304. The molecule has 0 spiro atoms. The normalized spacial score (nSPS) is 19.0. The molecule has 1 saturated carbocycles. The molecule has 0 unspecified atom stereocenters. The zero-order valence-corrected chi connectivity index (χ0v) is 13.6. The van der Waals surface area contributed by atoms with Crippen LogP contribution in [-0.4, -0.2) is 11.6 Å². The summed E-state index contributed by atoms with van der Waals surface area (Å²) < 4.78 is 13.3. The van der Waals surface area contributed by atoms with E-state index in [9.17, 15) is 14.0 Å². The third kappa shape index (κ3) is 3.78. The maximum Gasteiger partial charge on any atom is 0.163 e. The zero-order valence-electron chi connectivity index (χ0n) is 13.6. The molecule has 0 aromatic heterocycles. The maximum atomic E-state index is 13.3. The molecule has 2 aromatic carbocycles. The average molecular weight is 324 g/mol. The van der Waals surface area contributed by atoms with Crippen LogP contribution in [0.4, 0.5) is 4.39 Å². The van der Waals surface area contributed by atoms with E-state index in [0.717, 1.165) is 24.8 Å². The summed E-state index contributed by atoms with van der Waals surface area (Å²) in [5.74, 6) is -0.357.